The third-order valence-corrected chi connectivity index (χ3v) is 4.66. The van der Waals surface area contributed by atoms with Crippen molar-refractivity contribution >= 4 is 50.0 Å². The van der Waals surface area contributed by atoms with Crippen LogP contribution >= 0.6 is 27.3 Å². The first kappa shape index (κ1) is 18.2. The number of anilines is 2. The first-order valence-corrected chi connectivity index (χ1v) is 9.49. The highest BCUT2D eigenvalue weighted by Gasteiger charge is 2.13. The summed E-state index contributed by atoms with van der Waals surface area (Å²) in [6.07, 6.45) is 2.60. The van der Waals surface area contributed by atoms with Crippen LogP contribution in [0.5, 0.6) is 0 Å². The first-order valence-electron chi connectivity index (χ1n) is 7.82. The highest BCUT2D eigenvalue weighted by Crippen LogP contribution is 2.17. The summed E-state index contributed by atoms with van der Waals surface area (Å²) in [5.74, 6) is -0.0785. The van der Waals surface area contributed by atoms with Crippen molar-refractivity contribution in [3.63, 3.8) is 0 Å². The number of nitrogens with zero attached hydrogens (tertiary/aromatic N) is 2. The fraction of sp³-hybridized carbons (Fsp3) is 0.111. The predicted molar refractivity (Wildman–Crippen MR) is 105 cm³/mol. The normalized spacial score (nSPS) is 10.3. The maximum Gasteiger partial charge on any atom is 0.276 e. The Labute approximate surface area is 162 Å². The molecule has 3 aromatic rings. The molecule has 2 heterocycles. The molecule has 2 aromatic heterocycles. The standard InChI is InChI=1S/C18H15BrN4O2S/c19-13-7-8-15(20-10-13)22-17(25)14-11-26-18(21-14)23-16(24)9-6-12-4-2-1-3-5-12/h1-5,7-8,10-11H,6,9H2,(H,20,22,25)(H,21,23,24). The first-order chi connectivity index (χ1) is 12.6. The number of hydrogen-bond donors (Lipinski definition) is 2. The van der Waals surface area contributed by atoms with Crippen molar-refractivity contribution < 1.29 is 9.59 Å². The Kier molecular flexibility index (Phi) is 6.08. The van der Waals surface area contributed by atoms with E-state index in [1.54, 1.807) is 23.7 Å². The Morgan fingerprint density at radius 2 is 1.88 bits per heavy atom. The second kappa shape index (κ2) is 8.68. The van der Waals surface area contributed by atoms with Crippen molar-refractivity contribution in [1.29, 1.82) is 0 Å². The smallest absolute Gasteiger partial charge is 0.276 e. The van der Waals surface area contributed by atoms with Crippen molar-refractivity contribution in [1.82, 2.24) is 9.97 Å². The maximum absolute atomic E-state index is 12.2. The lowest BCUT2D eigenvalue weighted by Crippen LogP contribution is -2.15. The van der Waals surface area contributed by atoms with Crippen LogP contribution in [0, 0.1) is 0 Å². The number of nitrogens with one attached hydrogen (secondary N) is 2. The summed E-state index contributed by atoms with van der Waals surface area (Å²) < 4.78 is 0.824. The second-order valence-electron chi connectivity index (χ2n) is 5.39. The maximum atomic E-state index is 12.2. The fourth-order valence-corrected chi connectivity index (χ4v) is 3.09. The largest absolute Gasteiger partial charge is 0.305 e. The van der Waals surface area contributed by atoms with Crippen molar-refractivity contribution in [3.8, 4) is 0 Å². The van der Waals surface area contributed by atoms with Gasteiger partial charge in [0, 0.05) is 22.5 Å². The van der Waals surface area contributed by atoms with Crippen LogP contribution in [0.15, 0.2) is 58.5 Å². The van der Waals surface area contributed by atoms with E-state index >= 15 is 0 Å². The number of hydrogen-bond acceptors (Lipinski definition) is 5. The Morgan fingerprint density at radius 3 is 2.62 bits per heavy atom. The van der Waals surface area contributed by atoms with E-state index in [0.29, 0.717) is 23.8 Å². The van der Waals surface area contributed by atoms with Crippen LogP contribution < -0.4 is 10.6 Å². The van der Waals surface area contributed by atoms with Gasteiger partial charge in [0.15, 0.2) is 5.13 Å². The van der Waals surface area contributed by atoms with Gasteiger partial charge in [-0.25, -0.2) is 9.97 Å². The molecular formula is C18H15BrN4O2S. The van der Waals surface area contributed by atoms with Crippen LogP contribution in [0.4, 0.5) is 10.9 Å². The highest BCUT2D eigenvalue weighted by atomic mass is 79.9. The molecule has 132 valence electrons. The summed E-state index contributed by atoms with van der Waals surface area (Å²) in [5, 5.41) is 7.38. The summed E-state index contributed by atoms with van der Waals surface area (Å²) >= 11 is 4.49. The van der Waals surface area contributed by atoms with Gasteiger partial charge in [-0.3, -0.25) is 9.59 Å². The lowest BCUT2D eigenvalue weighted by atomic mass is 10.1. The number of carbonyl (C=O) groups excluding carboxylic acids is 2. The molecule has 8 heteroatoms. The number of carbonyl (C=O) groups is 2. The van der Waals surface area contributed by atoms with Gasteiger partial charge in [-0.05, 0) is 40.0 Å². The molecule has 0 bridgehead atoms. The minimum absolute atomic E-state index is 0.135. The zero-order valence-electron chi connectivity index (χ0n) is 13.6. The van der Waals surface area contributed by atoms with Gasteiger partial charge in [0.2, 0.25) is 5.91 Å². The molecule has 26 heavy (non-hydrogen) atoms. The van der Waals surface area contributed by atoms with Gasteiger partial charge in [0.05, 0.1) is 0 Å². The van der Waals surface area contributed by atoms with Crippen LogP contribution in [0.25, 0.3) is 0 Å². The van der Waals surface area contributed by atoms with E-state index in [1.807, 2.05) is 30.3 Å². The predicted octanol–water partition coefficient (Wildman–Crippen LogP) is 4.12. The number of thiazole rings is 1. The van der Waals surface area contributed by atoms with Crippen LogP contribution in [0.1, 0.15) is 22.5 Å². The Balaban J connectivity index is 1.52. The molecule has 6 nitrogen and oxygen atoms in total. The van der Waals surface area contributed by atoms with Crippen molar-refractivity contribution in [2.45, 2.75) is 12.8 Å². The molecule has 0 fully saturated rings. The highest BCUT2D eigenvalue weighted by molar-refractivity contribution is 9.10. The molecule has 0 saturated carbocycles. The van der Waals surface area contributed by atoms with Gasteiger partial charge in [-0.1, -0.05) is 30.3 Å². The molecule has 2 amide bonds. The van der Waals surface area contributed by atoms with E-state index in [2.05, 4.69) is 36.5 Å². The lowest BCUT2D eigenvalue weighted by molar-refractivity contribution is -0.116. The number of amides is 2. The molecule has 2 N–H and O–H groups in total. The molecule has 0 aliphatic carbocycles. The summed E-state index contributed by atoms with van der Waals surface area (Å²) in [7, 11) is 0. The van der Waals surface area contributed by atoms with Gasteiger partial charge in [-0.2, -0.15) is 0 Å². The number of aryl methyl sites for hydroxylation is 1. The molecular weight excluding hydrogens is 416 g/mol. The van der Waals surface area contributed by atoms with E-state index in [1.165, 1.54) is 11.3 Å². The molecule has 0 aliphatic heterocycles. The molecule has 0 spiro atoms. The fourth-order valence-electron chi connectivity index (χ4n) is 2.15. The number of rotatable bonds is 6. The summed E-state index contributed by atoms with van der Waals surface area (Å²) in [4.78, 5) is 32.4. The molecule has 3 rings (SSSR count). The summed E-state index contributed by atoms with van der Waals surface area (Å²) in [5.41, 5.74) is 1.34. The van der Waals surface area contributed by atoms with Gasteiger partial charge in [-0.15, -0.1) is 11.3 Å². The van der Waals surface area contributed by atoms with E-state index in [-0.39, 0.29) is 17.5 Å². The van der Waals surface area contributed by atoms with Gasteiger partial charge >= 0.3 is 0 Å². The molecule has 0 radical (unpaired) electrons. The van der Waals surface area contributed by atoms with E-state index in [4.69, 9.17) is 0 Å². The van der Waals surface area contributed by atoms with E-state index in [0.717, 1.165) is 10.0 Å². The molecule has 0 atom stereocenters. The minimum atomic E-state index is -0.374. The third kappa shape index (κ3) is 5.21. The second-order valence-corrected chi connectivity index (χ2v) is 7.16. The summed E-state index contributed by atoms with van der Waals surface area (Å²) in [6, 6.07) is 13.3. The third-order valence-electron chi connectivity index (χ3n) is 3.44. The topological polar surface area (TPSA) is 84.0 Å². The summed E-state index contributed by atoms with van der Waals surface area (Å²) in [6.45, 7) is 0. The van der Waals surface area contributed by atoms with Crippen molar-refractivity contribution in [2.24, 2.45) is 0 Å². The molecule has 0 unspecified atom stereocenters. The lowest BCUT2D eigenvalue weighted by Gasteiger charge is -2.03. The molecule has 0 saturated heterocycles. The monoisotopic (exact) mass is 430 g/mol. The van der Waals surface area contributed by atoms with Crippen LogP contribution in [0.2, 0.25) is 0 Å². The quantitative estimate of drug-likeness (QED) is 0.615. The average molecular weight is 431 g/mol. The van der Waals surface area contributed by atoms with Crippen molar-refractivity contribution in [3.05, 3.63) is 69.8 Å². The van der Waals surface area contributed by atoms with Gasteiger partial charge in [0.1, 0.15) is 11.5 Å². The van der Waals surface area contributed by atoms with Crippen LogP contribution in [-0.2, 0) is 11.2 Å². The van der Waals surface area contributed by atoms with E-state index < -0.39 is 0 Å². The Hall–Kier alpha value is -2.58. The van der Waals surface area contributed by atoms with E-state index in [9.17, 15) is 9.59 Å². The minimum Gasteiger partial charge on any atom is -0.305 e. The Morgan fingerprint density at radius 1 is 1.08 bits per heavy atom. The van der Waals surface area contributed by atoms with Crippen molar-refractivity contribution in [2.75, 3.05) is 10.6 Å². The Bertz CT molecular complexity index is 897. The zero-order valence-corrected chi connectivity index (χ0v) is 16.0. The molecule has 1 aromatic carbocycles. The number of aromatic nitrogens is 2. The SMILES string of the molecule is O=C(CCc1ccccc1)Nc1nc(C(=O)Nc2ccc(Br)cn2)cs1. The van der Waals surface area contributed by atoms with Gasteiger partial charge in [0.25, 0.3) is 5.91 Å². The van der Waals surface area contributed by atoms with Crippen LogP contribution in [0.3, 0.4) is 0 Å². The van der Waals surface area contributed by atoms with Gasteiger partial charge < -0.3 is 10.6 Å². The molecule has 0 aliphatic rings. The number of benzene rings is 1. The zero-order chi connectivity index (χ0) is 18.4. The number of halogens is 1. The average Bonchev–Trinajstić information content (AvgIpc) is 3.11. The van der Waals surface area contributed by atoms with Crippen LogP contribution in [-0.4, -0.2) is 21.8 Å². The number of pyridine rings is 1.